The van der Waals surface area contributed by atoms with Crippen molar-refractivity contribution in [2.24, 2.45) is 0 Å². The predicted molar refractivity (Wildman–Crippen MR) is 79.9 cm³/mol. The van der Waals surface area contributed by atoms with Crippen molar-refractivity contribution < 1.29 is 4.74 Å². The minimum absolute atomic E-state index is 0.126. The van der Waals surface area contributed by atoms with Crippen molar-refractivity contribution in [3.63, 3.8) is 0 Å². The molecule has 0 saturated heterocycles. The quantitative estimate of drug-likeness (QED) is 0.766. The third-order valence-corrected chi connectivity index (χ3v) is 4.09. The summed E-state index contributed by atoms with van der Waals surface area (Å²) >= 11 is 5.16. The number of rotatable bonds is 5. The molecule has 0 N–H and O–H groups in total. The van der Waals surface area contributed by atoms with E-state index in [1.165, 1.54) is 0 Å². The fourth-order valence-corrected chi connectivity index (χ4v) is 3.14. The van der Waals surface area contributed by atoms with Gasteiger partial charge in [0.25, 0.3) is 0 Å². The fourth-order valence-electron chi connectivity index (χ4n) is 1.78. The van der Waals surface area contributed by atoms with Crippen molar-refractivity contribution in [1.82, 2.24) is 4.98 Å². The Labute approximate surface area is 120 Å². The van der Waals surface area contributed by atoms with Crippen molar-refractivity contribution in [3.8, 4) is 11.3 Å². The molecule has 96 valence electrons. The number of halogens is 1. The van der Waals surface area contributed by atoms with E-state index in [1.54, 1.807) is 11.3 Å². The first-order chi connectivity index (χ1) is 8.74. The van der Waals surface area contributed by atoms with Gasteiger partial charge in [-0.15, -0.1) is 11.3 Å². The molecule has 18 heavy (non-hydrogen) atoms. The second-order valence-electron chi connectivity index (χ2n) is 3.93. The van der Waals surface area contributed by atoms with Crippen LogP contribution < -0.4 is 0 Å². The van der Waals surface area contributed by atoms with Crippen LogP contribution in [-0.2, 0) is 4.74 Å². The molecular formula is C14H16BrNOS. The zero-order valence-electron chi connectivity index (χ0n) is 10.5. The smallest absolute Gasteiger partial charge is 0.122 e. The number of hydrogen-bond donors (Lipinski definition) is 0. The summed E-state index contributed by atoms with van der Waals surface area (Å²) in [6, 6.07) is 8.20. The largest absolute Gasteiger partial charge is 0.371 e. The van der Waals surface area contributed by atoms with Crippen LogP contribution >= 0.6 is 27.3 Å². The van der Waals surface area contributed by atoms with E-state index in [4.69, 9.17) is 4.74 Å². The van der Waals surface area contributed by atoms with Gasteiger partial charge in [0.05, 0.1) is 5.69 Å². The van der Waals surface area contributed by atoms with Crippen molar-refractivity contribution in [2.45, 2.75) is 26.4 Å². The second-order valence-corrected chi connectivity index (χ2v) is 5.74. The maximum Gasteiger partial charge on any atom is 0.122 e. The molecule has 2 nitrogen and oxygen atoms in total. The first-order valence-electron chi connectivity index (χ1n) is 6.07. The van der Waals surface area contributed by atoms with Crippen LogP contribution in [0.5, 0.6) is 0 Å². The minimum Gasteiger partial charge on any atom is -0.371 e. The van der Waals surface area contributed by atoms with Crippen LogP contribution in [-0.4, -0.2) is 11.6 Å². The lowest BCUT2D eigenvalue weighted by atomic mass is 10.2. The van der Waals surface area contributed by atoms with Gasteiger partial charge in [0.2, 0.25) is 0 Å². The molecule has 1 heterocycles. The zero-order chi connectivity index (χ0) is 13.0. The van der Waals surface area contributed by atoms with E-state index < -0.39 is 0 Å². The molecule has 0 radical (unpaired) electrons. The topological polar surface area (TPSA) is 22.1 Å². The number of ether oxygens (including phenoxy) is 1. The van der Waals surface area contributed by atoms with Crippen molar-refractivity contribution in [1.29, 1.82) is 0 Å². The molecule has 0 amide bonds. The van der Waals surface area contributed by atoms with E-state index in [1.807, 2.05) is 19.1 Å². The second kappa shape index (κ2) is 6.45. The highest BCUT2D eigenvalue weighted by Crippen LogP contribution is 2.29. The molecule has 1 aromatic heterocycles. The minimum atomic E-state index is 0.126. The van der Waals surface area contributed by atoms with Gasteiger partial charge in [0.15, 0.2) is 0 Å². The third kappa shape index (κ3) is 3.19. The van der Waals surface area contributed by atoms with Gasteiger partial charge in [0, 0.05) is 22.0 Å². The van der Waals surface area contributed by atoms with E-state index in [2.05, 4.69) is 45.4 Å². The SMILES string of the molecule is CCOC(CC)c1nc(-c2cccc(Br)c2)cs1. The van der Waals surface area contributed by atoms with E-state index >= 15 is 0 Å². The summed E-state index contributed by atoms with van der Waals surface area (Å²) in [5.41, 5.74) is 2.16. The Hall–Kier alpha value is -0.710. The lowest BCUT2D eigenvalue weighted by Gasteiger charge is -2.11. The average molecular weight is 326 g/mol. The van der Waals surface area contributed by atoms with E-state index in [9.17, 15) is 0 Å². The Morgan fingerprint density at radius 2 is 2.22 bits per heavy atom. The van der Waals surface area contributed by atoms with Gasteiger partial charge in [-0.05, 0) is 25.5 Å². The van der Waals surface area contributed by atoms with Crippen LogP contribution in [0.15, 0.2) is 34.1 Å². The van der Waals surface area contributed by atoms with Gasteiger partial charge >= 0.3 is 0 Å². The van der Waals surface area contributed by atoms with Gasteiger partial charge in [-0.3, -0.25) is 0 Å². The number of thiazole rings is 1. The van der Waals surface area contributed by atoms with Crippen LogP contribution in [0.2, 0.25) is 0 Å². The van der Waals surface area contributed by atoms with Crippen LogP contribution in [0.4, 0.5) is 0 Å². The highest BCUT2D eigenvalue weighted by atomic mass is 79.9. The molecular weight excluding hydrogens is 310 g/mol. The summed E-state index contributed by atoms with van der Waals surface area (Å²) in [7, 11) is 0. The number of hydrogen-bond acceptors (Lipinski definition) is 3. The van der Waals surface area contributed by atoms with E-state index in [0.29, 0.717) is 0 Å². The average Bonchev–Trinajstić information content (AvgIpc) is 2.85. The summed E-state index contributed by atoms with van der Waals surface area (Å²) in [4.78, 5) is 4.68. The molecule has 1 unspecified atom stereocenters. The van der Waals surface area contributed by atoms with Gasteiger partial charge < -0.3 is 4.74 Å². The van der Waals surface area contributed by atoms with Crippen LogP contribution in [0.1, 0.15) is 31.4 Å². The first kappa shape index (κ1) is 13.7. The molecule has 1 aromatic carbocycles. The summed E-state index contributed by atoms with van der Waals surface area (Å²) in [6.07, 6.45) is 1.08. The molecule has 0 aliphatic rings. The standard InChI is InChI=1S/C14H16BrNOS/c1-3-13(17-4-2)14-16-12(9-18-14)10-6-5-7-11(15)8-10/h5-9,13H,3-4H2,1-2H3. The molecule has 2 rings (SSSR count). The monoisotopic (exact) mass is 325 g/mol. The lowest BCUT2D eigenvalue weighted by molar-refractivity contribution is 0.0597. The van der Waals surface area contributed by atoms with Gasteiger partial charge in [0.1, 0.15) is 11.1 Å². The Morgan fingerprint density at radius 3 is 2.89 bits per heavy atom. The van der Waals surface area contributed by atoms with Gasteiger partial charge in [-0.25, -0.2) is 4.98 Å². The first-order valence-corrected chi connectivity index (χ1v) is 7.74. The number of benzene rings is 1. The van der Waals surface area contributed by atoms with E-state index in [-0.39, 0.29) is 6.10 Å². The van der Waals surface area contributed by atoms with Crippen LogP contribution in [0, 0.1) is 0 Å². The Bertz CT molecular complexity index is 512. The van der Waals surface area contributed by atoms with Crippen molar-refractivity contribution in [3.05, 3.63) is 39.1 Å². The highest BCUT2D eigenvalue weighted by molar-refractivity contribution is 9.10. The van der Waals surface area contributed by atoms with Crippen molar-refractivity contribution in [2.75, 3.05) is 6.61 Å². The molecule has 1 atom stereocenters. The number of aromatic nitrogens is 1. The van der Waals surface area contributed by atoms with Crippen LogP contribution in [0.25, 0.3) is 11.3 Å². The Morgan fingerprint density at radius 1 is 1.39 bits per heavy atom. The summed E-state index contributed by atoms with van der Waals surface area (Å²) in [5.74, 6) is 0. The fraction of sp³-hybridized carbons (Fsp3) is 0.357. The maximum atomic E-state index is 5.69. The lowest BCUT2D eigenvalue weighted by Crippen LogP contribution is -2.02. The van der Waals surface area contributed by atoms with E-state index in [0.717, 1.165) is 33.8 Å². The van der Waals surface area contributed by atoms with Crippen molar-refractivity contribution >= 4 is 27.3 Å². The predicted octanol–water partition coefficient (Wildman–Crippen LogP) is 5.06. The molecule has 0 spiro atoms. The number of nitrogens with zero attached hydrogens (tertiary/aromatic N) is 1. The van der Waals surface area contributed by atoms with Gasteiger partial charge in [-0.2, -0.15) is 0 Å². The Balaban J connectivity index is 2.24. The summed E-state index contributed by atoms with van der Waals surface area (Å²) in [5, 5.41) is 3.16. The molecule has 0 aliphatic carbocycles. The third-order valence-electron chi connectivity index (χ3n) is 2.66. The molecule has 2 aromatic rings. The Kier molecular flexibility index (Phi) is 4.92. The normalized spacial score (nSPS) is 12.6. The summed E-state index contributed by atoms with van der Waals surface area (Å²) < 4.78 is 6.76. The zero-order valence-corrected chi connectivity index (χ0v) is 12.9. The van der Waals surface area contributed by atoms with Crippen LogP contribution in [0.3, 0.4) is 0 Å². The molecule has 0 bridgehead atoms. The summed E-state index contributed by atoms with van der Waals surface area (Å²) in [6.45, 7) is 4.87. The maximum absolute atomic E-state index is 5.69. The molecule has 0 saturated carbocycles. The molecule has 0 aliphatic heterocycles. The van der Waals surface area contributed by atoms with Gasteiger partial charge in [-0.1, -0.05) is 35.0 Å². The molecule has 0 fully saturated rings. The highest BCUT2D eigenvalue weighted by Gasteiger charge is 2.14. The molecule has 4 heteroatoms.